The Kier molecular flexibility index (Phi) is 4.56. The highest BCUT2D eigenvalue weighted by atomic mass is 16.5. The molecule has 0 spiro atoms. The van der Waals surface area contributed by atoms with Crippen LogP contribution in [0.1, 0.15) is 5.56 Å². The normalized spacial score (nSPS) is 17.1. The zero-order valence-corrected chi connectivity index (χ0v) is 11.5. The van der Waals surface area contributed by atoms with Gasteiger partial charge < -0.3 is 9.47 Å². The Morgan fingerprint density at radius 3 is 2.30 bits per heavy atom. The second kappa shape index (κ2) is 6.57. The number of hydrogen-bond acceptors (Lipinski definition) is 3. The lowest BCUT2D eigenvalue weighted by Gasteiger charge is -2.13. The van der Waals surface area contributed by atoms with E-state index in [0.29, 0.717) is 11.5 Å². The highest BCUT2D eigenvalue weighted by Gasteiger charge is 2.18. The van der Waals surface area contributed by atoms with Crippen molar-refractivity contribution in [3.63, 3.8) is 0 Å². The maximum atomic E-state index is 11.6. The summed E-state index contributed by atoms with van der Waals surface area (Å²) in [5.41, 5.74) is 1.91. The van der Waals surface area contributed by atoms with Crippen molar-refractivity contribution in [1.29, 1.82) is 0 Å². The SMILES string of the molecule is COC1=C/C(=C/C=C\c2ccccc2)C(OC)=CC1=O. The first kappa shape index (κ1) is 13.9. The van der Waals surface area contributed by atoms with E-state index >= 15 is 0 Å². The van der Waals surface area contributed by atoms with Crippen molar-refractivity contribution in [2.24, 2.45) is 0 Å². The van der Waals surface area contributed by atoms with E-state index in [0.717, 1.165) is 11.1 Å². The first-order valence-electron chi connectivity index (χ1n) is 6.24. The van der Waals surface area contributed by atoms with Crippen LogP contribution in [0.25, 0.3) is 6.08 Å². The molecule has 1 aromatic carbocycles. The number of methoxy groups -OCH3 is 2. The Bertz CT molecular complexity index is 604. The number of rotatable bonds is 4. The van der Waals surface area contributed by atoms with Gasteiger partial charge >= 0.3 is 0 Å². The van der Waals surface area contributed by atoms with Gasteiger partial charge in [-0.05, 0) is 11.6 Å². The van der Waals surface area contributed by atoms with Crippen LogP contribution < -0.4 is 0 Å². The Morgan fingerprint density at radius 1 is 0.950 bits per heavy atom. The van der Waals surface area contributed by atoms with E-state index in [1.54, 1.807) is 13.2 Å². The van der Waals surface area contributed by atoms with Crippen LogP contribution >= 0.6 is 0 Å². The van der Waals surface area contributed by atoms with Crippen LogP contribution in [0, 0.1) is 0 Å². The smallest absolute Gasteiger partial charge is 0.224 e. The molecule has 0 bridgehead atoms. The summed E-state index contributed by atoms with van der Waals surface area (Å²) in [5.74, 6) is 0.659. The summed E-state index contributed by atoms with van der Waals surface area (Å²) in [6, 6.07) is 9.97. The summed E-state index contributed by atoms with van der Waals surface area (Å²) in [6.45, 7) is 0. The number of ketones is 1. The van der Waals surface area contributed by atoms with E-state index < -0.39 is 0 Å². The summed E-state index contributed by atoms with van der Waals surface area (Å²) in [5, 5.41) is 0. The lowest BCUT2D eigenvalue weighted by Crippen LogP contribution is -2.09. The molecule has 0 saturated carbocycles. The molecule has 2 rings (SSSR count). The number of hydrogen-bond donors (Lipinski definition) is 0. The molecule has 1 aromatic rings. The summed E-state index contributed by atoms with van der Waals surface area (Å²) in [4.78, 5) is 11.6. The molecule has 0 aliphatic heterocycles. The van der Waals surface area contributed by atoms with E-state index in [4.69, 9.17) is 9.47 Å². The molecule has 0 aromatic heterocycles. The Labute approximate surface area is 118 Å². The van der Waals surface area contributed by atoms with E-state index in [-0.39, 0.29) is 5.78 Å². The van der Waals surface area contributed by atoms with Gasteiger partial charge in [-0.2, -0.15) is 0 Å². The van der Waals surface area contributed by atoms with Crippen LogP contribution in [0.2, 0.25) is 0 Å². The summed E-state index contributed by atoms with van der Waals surface area (Å²) >= 11 is 0. The topological polar surface area (TPSA) is 35.5 Å². The minimum Gasteiger partial charge on any atom is -0.496 e. The lowest BCUT2D eigenvalue weighted by atomic mass is 10.0. The standard InChI is InChI=1S/C17H16O3/c1-19-16-12-15(18)17(20-2)11-14(16)10-6-9-13-7-4-3-5-8-13/h3-12H,1-2H3/b9-6-,14-10-. The highest BCUT2D eigenvalue weighted by Crippen LogP contribution is 2.21. The molecule has 20 heavy (non-hydrogen) atoms. The number of allylic oxidation sites excluding steroid dienone is 4. The molecule has 0 amide bonds. The minimum atomic E-state index is -0.187. The van der Waals surface area contributed by atoms with E-state index in [1.807, 2.05) is 48.6 Å². The van der Waals surface area contributed by atoms with Crippen LogP contribution in [-0.4, -0.2) is 20.0 Å². The zero-order valence-electron chi connectivity index (χ0n) is 11.5. The van der Waals surface area contributed by atoms with Crippen LogP contribution in [0.5, 0.6) is 0 Å². The number of carbonyl (C=O) groups excluding carboxylic acids is 1. The number of ether oxygens (including phenoxy) is 2. The third-order valence-electron chi connectivity index (χ3n) is 2.88. The maximum absolute atomic E-state index is 11.6. The predicted molar refractivity (Wildman–Crippen MR) is 78.8 cm³/mol. The van der Waals surface area contributed by atoms with Crippen molar-refractivity contribution in [1.82, 2.24) is 0 Å². The lowest BCUT2D eigenvalue weighted by molar-refractivity contribution is -0.114. The van der Waals surface area contributed by atoms with Crippen LogP contribution in [-0.2, 0) is 14.3 Å². The summed E-state index contributed by atoms with van der Waals surface area (Å²) < 4.78 is 10.2. The molecule has 0 N–H and O–H groups in total. The molecule has 102 valence electrons. The molecule has 0 radical (unpaired) electrons. The van der Waals surface area contributed by atoms with Gasteiger partial charge in [-0.15, -0.1) is 0 Å². The molecular weight excluding hydrogens is 252 g/mol. The van der Waals surface area contributed by atoms with Crippen LogP contribution in [0.4, 0.5) is 0 Å². The van der Waals surface area contributed by atoms with Crippen molar-refractivity contribution in [3.05, 3.63) is 77.3 Å². The minimum absolute atomic E-state index is 0.187. The van der Waals surface area contributed by atoms with Gasteiger partial charge in [0, 0.05) is 11.6 Å². The monoisotopic (exact) mass is 268 g/mol. The molecule has 1 aliphatic carbocycles. The molecule has 0 fully saturated rings. The molecule has 0 heterocycles. The van der Waals surface area contributed by atoms with Crippen molar-refractivity contribution in [2.45, 2.75) is 0 Å². The predicted octanol–water partition coefficient (Wildman–Crippen LogP) is 3.27. The van der Waals surface area contributed by atoms with Crippen LogP contribution in [0.3, 0.4) is 0 Å². The zero-order chi connectivity index (χ0) is 14.4. The Balaban J connectivity index is 2.23. The van der Waals surface area contributed by atoms with Crippen LogP contribution in [0.15, 0.2) is 71.7 Å². The fourth-order valence-electron chi connectivity index (χ4n) is 1.85. The molecule has 0 atom stereocenters. The van der Waals surface area contributed by atoms with Gasteiger partial charge in [0.05, 0.1) is 14.2 Å². The van der Waals surface area contributed by atoms with Gasteiger partial charge in [0.1, 0.15) is 5.76 Å². The average molecular weight is 268 g/mol. The van der Waals surface area contributed by atoms with Crippen molar-refractivity contribution < 1.29 is 14.3 Å². The van der Waals surface area contributed by atoms with Gasteiger partial charge in [0.25, 0.3) is 0 Å². The fourth-order valence-corrected chi connectivity index (χ4v) is 1.85. The highest BCUT2D eigenvalue weighted by molar-refractivity contribution is 6.05. The Hall–Kier alpha value is -2.55. The second-order valence-electron chi connectivity index (χ2n) is 4.18. The molecule has 0 unspecified atom stereocenters. The van der Waals surface area contributed by atoms with Crippen molar-refractivity contribution >= 4 is 11.9 Å². The quantitative estimate of drug-likeness (QED) is 0.840. The summed E-state index contributed by atoms with van der Waals surface area (Å²) in [7, 11) is 3.02. The van der Waals surface area contributed by atoms with E-state index in [2.05, 4.69) is 0 Å². The average Bonchev–Trinajstić information content (AvgIpc) is 2.49. The van der Waals surface area contributed by atoms with Gasteiger partial charge in [-0.3, -0.25) is 4.79 Å². The van der Waals surface area contributed by atoms with E-state index in [1.165, 1.54) is 13.2 Å². The first-order chi connectivity index (χ1) is 9.74. The third kappa shape index (κ3) is 3.26. The number of benzene rings is 1. The largest absolute Gasteiger partial charge is 0.496 e. The van der Waals surface area contributed by atoms with Gasteiger partial charge in [0.15, 0.2) is 5.76 Å². The number of carbonyl (C=O) groups is 1. The van der Waals surface area contributed by atoms with Crippen molar-refractivity contribution in [2.75, 3.05) is 14.2 Å². The van der Waals surface area contributed by atoms with Gasteiger partial charge in [-0.25, -0.2) is 0 Å². The first-order valence-corrected chi connectivity index (χ1v) is 6.24. The maximum Gasteiger partial charge on any atom is 0.224 e. The molecule has 3 heteroatoms. The Morgan fingerprint density at radius 2 is 1.65 bits per heavy atom. The molecule has 0 saturated heterocycles. The van der Waals surface area contributed by atoms with E-state index in [9.17, 15) is 4.79 Å². The molecule has 3 nitrogen and oxygen atoms in total. The fraction of sp³-hybridized carbons (Fsp3) is 0.118. The van der Waals surface area contributed by atoms with Gasteiger partial charge in [0.2, 0.25) is 5.78 Å². The molecular formula is C17H16O3. The second-order valence-corrected chi connectivity index (χ2v) is 4.18. The van der Waals surface area contributed by atoms with Gasteiger partial charge in [-0.1, -0.05) is 48.6 Å². The molecule has 1 aliphatic rings. The third-order valence-corrected chi connectivity index (χ3v) is 2.88. The summed E-state index contributed by atoms with van der Waals surface area (Å²) in [6.07, 6.45) is 8.89. The van der Waals surface area contributed by atoms with Crippen molar-refractivity contribution in [3.8, 4) is 0 Å².